The molecule has 2 unspecified atom stereocenters. The lowest BCUT2D eigenvalue weighted by atomic mass is 9.96. The molecule has 1 N–H and O–H groups in total. The maximum atomic E-state index is 6.18. The highest BCUT2D eigenvalue weighted by molar-refractivity contribution is 6.30. The van der Waals surface area contributed by atoms with Crippen LogP contribution in [-0.2, 0) is 0 Å². The Balaban J connectivity index is 1.79. The molecule has 0 bridgehead atoms. The van der Waals surface area contributed by atoms with Crippen LogP contribution in [0.4, 0.5) is 0 Å². The molecule has 3 aromatic rings. The van der Waals surface area contributed by atoms with Gasteiger partial charge in [-0.2, -0.15) is 0 Å². The summed E-state index contributed by atoms with van der Waals surface area (Å²) in [6.45, 7) is 2.17. The number of hydrogen-bond acceptors (Lipinski definition) is 2. The number of rotatable bonds is 1. The zero-order valence-corrected chi connectivity index (χ0v) is 13.0. The quantitative estimate of drug-likeness (QED) is 0.664. The fourth-order valence-electron chi connectivity index (χ4n) is 3.13. The van der Waals surface area contributed by atoms with Crippen molar-refractivity contribution in [3.63, 3.8) is 0 Å². The van der Waals surface area contributed by atoms with Gasteiger partial charge in [0.05, 0.1) is 0 Å². The average Bonchev–Trinajstić information content (AvgIpc) is 2.54. The summed E-state index contributed by atoms with van der Waals surface area (Å²) in [4.78, 5) is 0. The number of benzene rings is 3. The van der Waals surface area contributed by atoms with E-state index in [-0.39, 0.29) is 12.3 Å². The van der Waals surface area contributed by atoms with Gasteiger partial charge in [0, 0.05) is 22.2 Å². The van der Waals surface area contributed by atoms with Crippen LogP contribution in [0.1, 0.15) is 30.3 Å². The zero-order valence-electron chi connectivity index (χ0n) is 12.2. The predicted octanol–water partition coefficient (Wildman–Crippen LogP) is 5.24. The molecule has 2 atom stereocenters. The van der Waals surface area contributed by atoms with E-state index in [0.717, 1.165) is 16.3 Å². The van der Waals surface area contributed by atoms with Crippen molar-refractivity contribution >= 4 is 22.4 Å². The monoisotopic (exact) mass is 309 g/mol. The minimum Gasteiger partial charge on any atom is -0.471 e. The first kappa shape index (κ1) is 13.6. The first-order chi connectivity index (χ1) is 10.7. The normalized spacial score (nSPS) is 20.5. The summed E-state index contributed by atoms with van der Waals surface area (Å²) in [5, 5.41) is 6.73. The van der Waals surface area contributed by atoms with Gasteiger partial charge < -0.3 is 4.74 Å². The van der Waals surface area contributed by atoms with Crippen molar-refractivity contribution in [2.75, 3.05) is 0 Å². The van der Waals surface area contributed by atoms with Crippen LogP contribution in [0.3, 0.4) is 0 Å². The molecule has 0 radical (unpaired) electrons. The van der Waals surface area contributed by atoms with Gasteiger partial charge in [0.15, 0.2) is 6.23 Å². The maximum absolute atomic E-state index is 6.18. The van der Waals surface area contributed by atoms with Crippen LogP contribution < -0.4 is 10.1 Å². The molecule has 0 aromatic heterocycles. The Hall–Kier alpha value is -2.03. The standard InChI is InChI=1S/C19H16ClNO/c1-12-18-16-8-3-2-5-13(16)9-10-17(18)22-19(21-12)14-6-4-7-15(20)11-14/h2-12,19,21H,1H3. The average molecular weight is 310 g/mol. The van der Waals surface area contributed by atoms with Gasteiger partial charge in [0.25, 0.3) is 0 Å². The molecular weight excluding hydrogens is 294 g/mol. The van der Waals surface area contributed by atoms with Gasteiger partial charge in [-0.25, -0.2) is 0 Å². The molecule has 0 fully saturated rings. The molecule has 1 aliphatic heterocycles. The summed E-state index contributed by atoms with van der Waals surface area (Å²) in [6, 6.07) is 20.6. The minimum absolute atomic E-state index is 0.178. The predicted molar refractivity (Wildman–Crippen MR) is 90.3 cm³/mol. The second kappa shape index (κ2) is 5.31. The van der Waals surface area contributed by atoms with Crippen molar-refractivity contribution in [1.29, 1.82) is 0 Å². The van der Waals surface area contributed by atoms with Crippen LogP contribution in [0.5, 0.6) is 5.75 Å². The molecule has 3 heteroatoms. The summed E-state index contributed by atoms with van der Waals surface area (Å²) in [6.07, 6.45) is -0.178. The van der Waals surface area contributed by atoms with Crippen LogP contribution in [-0.4, -0.2) is 0 Å². The SMILES string of the molecule is CC1NC(c2cccc(Cl)c2)Oc2ccc3ccccc3c21. The molecule has 0 saturated carbocycles. The fourth-order valence-corrected chi connectivity index (χ4v) is 3.33. The van der Waals surface area contributed by atoms with Crippen molar-refractivity contribution < 1.29 is 4.74 Å². The summed E-state index contributed by atoms with van der Waals surface area (Å²) in [5.74, 6) is 0.940. The first-order valence-corrected chi connectivity index (χ1v) is 7.80. The molecule has 110 valence electrons. The third-order valence-corrected chi connectivity index (χ3v) is 4.40. The van der Waals surface area contributed by atoms with E-state index in [1.54, 1.807) is 0 Å². The van der Waals surface area contributed by atoms with E-state index in [4.69, 9.17) is 16.3 Å². The topological polar surface area (TPSA) is 21.3 Å². The summed E-state index contributed by atoms with van der Waals surface area (Å²) in [5.41, 5.74) is 2.26. The Morgan fingerprint density at radius 2 is 1.86 bits per heavy atom. The maximum Gasteiger partial charge on any atom is 0.177 e. The van der Waals surface area contributed by atoms with Crippen molar-refractivity contribution in [3.8, 4) is 5.75 Å². The third-order valence-electron chi connectivity index (χ3n) is 4.16. The second-order valence-electron chi connectivity index (χ2n) is 5.64. The van der Waals surface area contributed by atoms with Gasteiger partial charge in [0.2, 0.25) is 0 Å². The van der Waals surface area contributed by atoms with E-state index >= 15 is 0 Å². The number of fused-ring (bicyclic) bond motifs is 3. The van der Waals surface area contributed by atoms with E-state index in [0.29, 0.717) is 0 Å². The Labute approximate surface area is 134 Å². The highest BCUT2D eigenvalue weighted by Crippen LogP contribution is 2.39. The number of ether oxygens (including phenoxy) is 1. The molecule has 0 spiro atoms. The highest BCUT2D eigenvalue weighted by Gasteiger charge is 2.27. The highest BCUT2D eigenvalue weighted by atomic mass is 35.5. The summed E-state index contributed by atoms with van der Waals surface area (Å²) >= 11 is 6.10. The van der Waals surface area contributed by atoms with Crippen LogP contribution in [0, 0.1) is 0 Å². The van der Waals surface area contributed by atoms with Crippen LogP contribution in [0.2, 0.25) is 5.02 Å². The van der Waals surface area contributed by atoms with E-state index in [1.165, 1.54) is 16.3 Å². The molecule has 0 aliphatic carbocycles. The van der Waals surface area contributed by atoms with Gasteiger partial charge in [-0.05, 0) is 35.9 Å². The molecule has 22 heavy (non-hydrogen) atoms. The molecule has 3 aromatic carbocycles. The van der Waals surface area contributed by atoms with E-state index in [1.807, 2.05) is 24.3 Å². The molecular formula is C19H16ClNO. The Bertz CT molecular complexity index is 846. The molecule has 4 rings (SSSR count). The van der Waals surface area contributed by atoms with E-state index < -0.39 is 0 Å². The van der Waals surface area contributed by atoms with Gasteiger partial charge in [-0.3, -0.25) is 5.32 Å². The van der Waals surface area contributed by atoms with Crippen molar-refractivity contribution in [2.24, 2.45) is 0 Å². The molecule has 1 aliphatic rings. The zero-order chi connectivity index (χ0) is 15.1. The number of nitrogens with one attached hydrogen (secondary N) is 1. The largest absolute Gasteiger partial charge is 0.471 e. The molecule has 2 nitrogen and oxygen atoms in total. The molecule has 0 saturated heterocycles. The van der Waals surface area contributed by atoms with Gasteiger partial charge in [-0.15, -0.1) is 0 Å². The Morgan fingerprint density at radius 1 is 1.00 bits per heavy atom. The summed E-state index contributed by atoms with van der Waals surface area (Å²) in [7, 11) is 0. The lowest BCUT2D eigenvalue weighted by Crippen LogP contribution is -2.33. The molecule has 0 amide bonds. The lowest BCUT2D eigenvalue weighted by molar-refractivity contribution is 0.129. The van der Waals surface area contributed by atoms with Crippen molar-refractivity contribution in [2.45, 2.75) is 19.2 Å². The van der Waals surface area contributed by atoms with Crippen LogP contribution >= 0.6 is 11.6 Å². The number of hydrogen-bond donors (Lipinski definition) is 1. The number of halogens is 1. The second-order valence-corrected chi connectivity index (χ2v) is 6.08. The third kappa shape index (κ3) is 2.25. The van der Waals surface area contributed by atoms with E-state index in [9.17, 15) is 0 Å². The minimum atomic E-state index is -0.178. The van der Waals surface area contributed by atoms with Crippen LogP contribution in [0.15, 0.2) is 60.7 Å². The Kier molecular flexibility index (Phi) is 3.29. The van der Waals surface area contributed by atoms with Crippen molar-refractivity contribution in [1.82, 2.24) is 5.32 Å². The van der Waals surface area contributed by atoms with Gasteiger partial charge >= 0.3 is 0 Å². The Morgan fingerprint density at radius 3 is 2.73 bits per heavy atom. The van der Waals surface area contributed by atoms with Gasteiger partial charge in [0.1, 0.15) is 5.75 Å². The fraction of sp³-hybridized carbons (Fsp3) is 0.158. The summed E-state index contributed by atoms with van der Waals surface area (Å²) < 4.78 is 6.18. The van der Waals surface area contributed by atoms with E-state index in [2.05, 4.69) is 48.6 Å². The van der Waals surface area contributed by atoms with Gasteiger partial charge in [-0.1, -0.05) is 54.1 Å². The first-order valence-electron chi connectivity index (χ1n) is 7.42. The van der Waals surface area contributed by atoms with Crippen molar-refractivity contribution in [3.05, 3.63) is 76.8 Å². The molecule has 1 heterocycles. The van der Waals surface area contributed by atoms with Crippen LogP contribution in [0.25, 0.3) is 10.8 Å². The lowest BCUT2D eigenvalue weighted by Gasteiger charge is -2.33. The smallest absolute Gasteiger partial charge is 0.177 e.